The first-order valence-electron chi connectivity index (χ1n) is 6.23. The summed E-state index contributed by atoms with van der Waals surface area (Å²) in [7, 11) is 1.47. The Morgan fingerprint density at radius 1 is 1.19 bits per heavy atom. The van der Waals surface area contributed by atoms with Gasteiger partial charge in [0, 0.05) is 17.8 Å². The van der Waals surface area contributed by atoms with Crippen LogP contribution in [0.5, 0.6) is 17.2 Å². The molecule has 0 aliphatic rings. The number of aromatic hydroxyl groups is 2. The quantitative estimate of drug-likeness (QED) is 0.755. The molecule has 0 heterocycles. The molecule has 0 radical (unpaired) electrons. The lowest BCUT2D eigenvalue weighted by Gasteiger charge is -2.04. The molecule has 5 nitrogen and oxygen atoms in total. The highest BCUT2D eigenvalue weighted by Crippen LogP contribution is 2.26. The number of hydrogen-bond acceptors (Lipinski definition) is 4. The monoisotopic (exact) mass is 285 g/mol. The highest BCUT2D eigenvalue weighted by molar-refractivity contribution is 6.02. The fourth-order valence-electron chi connectivity index (χ4n) is 1.75. The maximum atomic E-state index is 11.7. The number of ether oxygens (including phenoxy) is 1. The third-order valence-electron chi connectivity index (χ3n) is 2.74. The molecule has 0 unspecified atom stereocenters. The molecule has 0 saturated carbocycles. The van der Waals surface area contributed by atoms with Gasteiger partial charge in [-0.1, -0.05) is 12.1 Å². The second kappa shape index (κ2) is 6.47. The van der Waals surface area contributed by atoms with Gasteiger partial charge in [0.2, 0.25) is 5.91 Å². The lowest BCUT2D eigenvalue weighted by Crippen LogP contribution is -2.07. The van der Waals surface area contributed by atoms with Crippen molar-refractivity contribution in [1.29, 1.82) is 0 Å². The zero-order chi connectivity index (χ0) is 15.2. The smallest absolute Gasteiger partial charge is 0.248 e. The zero-order valence-corrected chi connectivity index (χ0v) is 11.4. The lowest BCUT2D eigenvalue weighted by atomic mass is 10.2. The SMILES string of the molecule is COc1ccc(C=CC(=O)Nc2cccc(O)c2)cc1O. The van der Waals surface area contributed by atoms with Crippen LogP contribution in [0.1, 0.15) is 5.56 Å². The van der Waals surface area contributed by atoms with E-state index in [0.29, 0.717) is 17.0 Å². The molecule has 0 fully saturated rings. The van der Waals surface area contributed by atoms with Gasteiger partial charge in [-0.05, 0) is 35.9 Å². The van der Waals surface area contributed by atoms with Crippen molar-refractivity contribution in [2.24, 2.45) is 0 Å². The van der Waals surface area contributed by atoms with Crippen LogP contribution in [0.25, 0.3) is 6.08 Å². The van der Waals surface area contributed by atoms with E-state index in [2.05, 4.69) is 5.32 Å². The van der Waals surface area contributed by atoms with E-state index in [9.17, 15) is 15.0 Å². The van der Waals surface area contributed by atoms with Crippen LogP contribution in [0.3, 0.4) is 0 Å². The molecule has 2 aromatic rings. The van der Waals surface area contributed by atoms with E-state index in [-0.39, 0.29) is 17.4 Å². The van der Waals surface area contributed by atoms with E-state index in [1.165, 1.54) is 31.4 Å². The minimum atomic E-state index is -0.337. The molecule has 0 bridgehead atoms. The first-order chi connectivity index (χ1) is 10.1. The average molecular weight is 285 g/mol. The molecule has 0 spiro atoms. The summed E-state index contributed by atoms with van der Waals surface area (Å²) in [5.41, 5.74) is 1.17. The molecule has 0 aliphatic carbocycles. The average Bonchev–Trinajstić information content (AvgIpc) is 2.45. The largest absolute Gasteiger partial charge is 0.508 e. The second-order valence-electron chi connectivity index (χ2n) is 4.30. The molecule has 21 heavy (non-hydrogen) atoms. The Labute approximate surface area is 122 Å². The molecule has 2 aromatic carbocycles. The molecule has 0 aliphatic heterocycles. The normalized spacial score (nSPS) is 10.5. The van der Waals surface area contributed by atoms with Gasteiger partial charge in [-0.25, -0.2) is 0 Å². The Bertz CT molecular complexity index is 680. The number of phenols is 2. The minimum Gasteiger partial charge on any atom is -0.508 e. The number of benzene rings is 2. The highest BCUT2D eigenvalue weighted by atomic mass is 16.5. The van der Waals surface area contributed by atoms with Crippen molar-refractivity contribution >= 4 is 17.7 Å². The van der Waals surface area contributed by atoms with Crippen LogP contribution in [0.15, 0.2) is 48.5 Å². The van der Waals surface area contributed by atoms with Gasteiger partial charge < -0.3 is 20.3 Å². The van der Waals surface area contributed by atoms with Crippen molar-refractivity contribution in [3.8, 4) is 17.2 Å². The fourth-order valence-corrected chi connectivity index (χ4v) is 1.75. The van der Waals surface area contributed by atoms with Gasteiger partial charge in [-0.3, -0.25) is 4.79 Å². The summed E-state index contributed by atoms with van der Waals surface area (Å²) in [5, 5.41) is 21.6. The predicted octanol–water partition coefficient (Wildman–Crippen LogP) is 2.76. The van der Waals surface area contributed by atoms with Crippen molar-refractivity contribution < 1.29 is 19.7 Å². The maximum Gasteiger partial charge on any atom is 0.248 e. The van der Waals surface area contributed by atoms with Crippen LogP contribution in [0.2, 0.25) is 0 Å². The Kier molecular flexibility index (Phi) is 4.46. The van der Waals surface area contributed by atoms with Crippen molar-refractivity contribution in [1.82, 2.24) is 0 Å². The van der Waals surface area contributed by atoms with E-state index in [1.807, 2.05) is 0 Å². The lowest BCUT2D eigenvalue weighted by molar-refractivity contribution is -0.111. The number of amides is 1. The Hall–Kier alpha value is -2.95. The van der Waals surface area contributed by atoms with Gasteiger partial charge in [0.05, 0.1) is 7.11 Å². The molecule has 5 heteroatoms. The van der Waals surface area contributed by atoms with Crippen molar-refractivity contribution in [2.45, 2.75) is 0 Å². The van der Waals surface area contributed by atoms with E-state index >= 15 is 0 Å². The number of methoxy groups -OCH3 is 1. The first kappa shape index (κ1) is 14.5. The predicted molar refractivity (Wildman–Crippen MR) is 80.4 cm³/mol. The van der Waals surface area contributed by atoms with Crippen molar-refractivity contribution in [3.63, 3.8) is 0 Å². The van der Waals surface area contributed by atoms with Crippen LogP contribution in [-0.2, 0) is 4.79 Å². The molecule has 2 rings (SSSR count). The molecule has 3 N–H and O–H groups in total. The molecule has 0 atom stereocenters. The van der Waals surface area contributed by atoms with Gasteiger partial charge >= 0.3 is 0 Å². The molecule has 0 saturated heterocycles. The second-order valence-corrected chi connectivity index (χ2v) is 4.30. The Balaban J connectivity index is 2.03. The summed E-state index contributed by atoms with van der Waals surface area (Å²) in [4.78, 5) is 11.7. The zero-order valence-electron chi connectivity index (χ0n) is 11.4. The van der Waals surface area contributed by atoms with Crippen LogP contribution < -0.4 is 10.1 Å². The first-order valence-corrected chi connectivity index (χ1v) is 6.23. The summed E-state index contributed by atoms with van der Waals surface area (Å²) >= 11 is 0. The van der Waals surface area contributed by atoms with Gasteiger partial charge in [0.1, 0.15) is 5.75 Å². The van der Waals surface area contributed by atoms with E-state index in [1.54, 1.807) is 30.3 Å². The number of carbonyl (C=O) groups is 1. The molecular weight excluding hydrogens is 270 g/mol. The molecule has 1 amide bonds. The van der Waals surface area contributed by atoms with Crippen LogP contribution in [0, 0.1) is 0 Å². The van der Waals surface area contributed by atoms with E-state index in [4.69, 9.17) is 4.74 Å². The standard InChI is InChI=1S/C16H15NO4/c1-21-15-7-5-11(9-14(15)19)6-8-16(20)17-12-3-2-4-13(18)10-12/h2-10,18-19H,1H3,(H,17,20). The van der Waals surface area contributed by atoms with Crippen LogP contribution in [-0.4, -0.2) is 23.2 Å². The highest BCUT2D eigenvalue weighted by Gasteiger charge is 2.02. The summed E-state index contributed by atoms with van der Waals surface area (Å²) < 4.78 is 4.94. The Morgan fingerprint density at radius 3 is 2.67 bits per heavy atom. The number of hydrogen-bond donors (Lipinski definition) is 3. The summed E-state index contributed by atoms with van der Waals surface area (Å²) in [6.07, 6.45) is 2.91. The van der Waals surface area contributed by atoms with Crippen molar-refractivity contribution in [2.75, 3.05) is 12.4 Å². The molecule has 108 valence electrons. The van der Waals surface area contributed by atoms with Gasteiger partial charge in [-0.2, -0.15) is 0 Å². The number of rotatable bonds is 4. The number of anilines is 1. The van der Waals surface area contributed by atoms with Crippen molar-refractivity contribution in [3.05, 3.63) is 54.1 Å². The van der Waals surface area contributed by atoms with Gasteiger partial charge in [0.25, 0.3) is 0 Å². The van der Waals surface area contributed by atoms with Crippen LogP contribution >= 0.6 is 0 Å². The number of carbonyl (C=O) groups excluding carboxylic acids is 1. The van der Waals surface area contributed by atoms with Gasteiger partial charge in [-0.15, -0.1) is 0 Å². The number of nitrogens with one attached hydrogen (secondary N) is 1. The summed E-state index contributed by atoms with van der Waals surface area (Å²) in [5.74, 6) is 0.122. The molecule has 0 aromatic heterocycles. The molecular formula is C16H15NO4. The Morgan fingerprint density at radius 2 is 2.00 bits per heavy atom. The fraction of sp³-hybridized carbons (Fsp3) is 0.0625. The van der Waals surface area contributed by atoms with Gasteiger partial charge in [0.15, 0.2) is 11.5 Å². The maximum absolute atomic E-state index is 11.7. The third-order valence-corrected chi connectivity index (χ3v) is 2.74. The summed E-state index contributed by atoms with van der Waals surface area (Å²) in [6, 6.07) is 11.1. The third kappa shape index (κ3) is 4.01. The topological polar surface area (TPSA) is 78.8 Å². The summed E-state index contributed by atoms with van der Waals surface area (Å²) in [6.45, 7) is 0. The van der Waals surface area contributed by atoms with E-state index < -0.39 is 0 Å². The number of phenolic OH excluding ortho intramolecular Hbond substituents is 2. The minimum absolute atomic E-state index is 0.00744. The van der Waals surface area contributed by atoms with Crippen LogP contribution in [0.4, 0.5) is 5.69 Å². The van der Waals surface area contributed by atoms with E-state index in [0.717, 1.165) is 0 Å².